The monoisotopic (exact) mass is 534 g/mol. The van der Waals surface area contributed by atoms with E-state index in [4.69, 9.17) is 9.16 Å². The largest absolute Gasteiger partial charge is 0.461 e. The Labute approximate surface area is 226 Å². The molecule has 0 radical (unpaired) electrons. The van der Waals surface area contributed by atoms with Crippen LogP contribution < -0.4 is 10.4 Å². The van der Waals surface area contributed by atoms with Crippen LogP contribution in [0.15, 0.2) is 95.9 Å². The zero-order valence-corrected chi connectivity index (χ0v) is 23.8. The summed E-state index contributed by atoms with van der Waals surface area (Å²) in [6.07, 6.45) is 1.85. The molecule has 0 spiro atoms. The van der Waals surface area contributed by atoms with Crippen molar-refractivity contribution in [3.05, 3.63) is 91.0 Å². The van der Waals surface area contributed by atoms with Gasteiger partial charge in [-0.3, -0.25) is 4.79 Å². The highest BCUT2D eigenvalue weighted by Crippen LogP contribution is 2.40. The molecule has 1 aliphatic heterocycles. The molecular formula is C31H38O4SSi. The topological polar surface area (TPSA) is 55.8 Å². The third kappa shape index (κ3) is 6.20. The lowest BCUT2D eigenvalue weighted by Crippen LogP contribution is -2.66. The van der Waals surface area contributed by atoms with Crippen molar-refractivity contribution in [1.82, 2.24) is 0 Å². The molecule has 0 unspecified atom stereocenters. The summed E-state index contributed by atoms with van der Waals surface area (Å²) in [5, 5.41) is 11.9. The number of rotatable bonds is 11. The minimum Gasteiger partial charge on any atom is -0.461 e. The average Bonchev–Trinajstić information content (AvgIpc) is 3.19. The van der Waals surface area contributed by atoms with E-state index < -0.39 is 8.32 Å². The van der Waals surface area contributed by atoms with E-state index in [0.29, 0.717) is 13.0 Å². The number of aliphatic hydroxyl groups is 1. The molecule has 0 aliphatic carbocycles. The Bertz CT molecular complexity index is 1080. The van der Waals surface area contributed by atoms with E-state index in [9.17, 15) is 9.90 Å². The molecule has 6 heteroatoms. The molecule has 196 valence electrons. The van der Waals surface area contributed by atoms with Crippen LogP contribution in [0.5, 0.6) is 0 Å². The van der Waals surface area contributed by atoms with Crippen LogP contribution >= 0.6 is 11.8 Å². The molecule has 1 heterocycles. The van der Waals surface area contributed by atoms with Crippen LogP contribution in [0, 0.1) is 5.92 Å². The van der Waals surface area contributed by atoms with Gasteiger partial charge in [-0.25, -0.2) is 0 Å². The van der Waals surface area contributed by atoms with Crippen LogP contribution in [0.4, 0.5) is 0 Å². The number of thioether (sulfide) groups is 1. The predicted molar refractivity (Wildman–Crippen MR) is 154 cm³/mol. The number of cyclic esters (lactones) is 1. The highest BCUT2D eigenvalue weighted by molar-refractivity contribution is 8.00. The van der Waals surface area contributed by atoms with Crippen molar-refractivity contribution < 1.29 is 19.1 Å². The van der Waals surface area contributed by atoms with Crippen molar-refractivity contribution in [3.8, 4) is 0 Å². The Kier molecular flexibility index (Phi) is 9.30. The fourth-order valence-electron chi connectivity index (χ4n) is 5.49. The predicted octanol–water partition coefficient (Wildman–Crippen LogP) is 5.43. The lowest BCUT2D eigenvalue weighted by Gasteiger charge is -2.43. The molecular weight excluding hydrogens is 496 g/mol. The number of ether oxygens (including phenoxy) is 1. The average molecular weight is 535 g/mol. The van der Waals surface area contributed by atoms with Gasteiger partial charge in [0.05, 0.1) is 0 Å². The molecule has 0 aromatic heterocycles. The Morgan fingerprint density at radius 2 is 1.41 bits per heavy atom. The highest BCUT2D eigenvalue weighted by atomic mass is 32.2. The fourth-order valence-corrected chi connectivity index (χ4v) is 11.3. The van der Waals surface area contributed by atoms with Crippen molar-refractivity contribution in [1.29, 1.82) is 0 Å². The third-order valence-corrected chi connectivity index (χ3v) is 13.6. The normalized spacial score (nSPS) is 20.1. The molecule has 0 saturated carbocycles. The van der Waals surface area contributed by atoms with Crippen molar-refractivity contribution in [2.75, 3.05) is 13.2 Å². The third-order valence-electron chi connectivity index (χ3n) is 7.20. The Morgan fingerprint density at radius 1 is 0.865 bits per heavy atom. The van der Waals surface area contributed by atoms with E-state index in [1.54, 1.807) is 11.8 Å². The molecule has 1 aliphatic rings. The lowest BCUT2D eigenvalue weighted by molar-refractivity contribution is -0.141. The summed E-state index contributed by atoms with van der Waals surface area (Å²) >= 11 is 1.54. The van der Waals surface area contributed by atoms with Crippen LogP contribution in [0.2, 0.25) is 5.04 Å². The zero-order chi connectivity index (χ0) is 26.3. The maximum Gasteiger partial charge on any atom is 0.320 e. The van der Waals surface area contributed by atoms with E-state index in [1.807, 2.05) is 30.3 Å². The van der Waals surface area contributed by atoms with Crippen molar-refractivity contribution in [2.45, 2.75) is 61.3 Å². The van der Waals surface area contributed by atoms with Gasteiger partial charge in [-0.2, -0.15) is 0 Å². The smallest absolute Gasteiger partial charge is 0.320 e. The summed E-state index contributed by atoms with van der Waals surface area (Å²) in [7, 11) is -2.59. The van der Waals surface area contributed by atoms with Gasteiger partial charge in [-0.15, -0.1) is 11.8 Å². The number of esters is 1. The second kappa shape index (κ2) is 12.4. The maximum atomic E-state index is 12.8. The van der Waals surface area contributed by atoms with Gasteiger partial charge in [0, 0.05) is 24.0 Å². The van der Waals surface area contributed by atoms with Gasteiger partial charge in [-0.05, 0) is 46.8 Å². The number of carbonyl (C=O) groups is 1. The standard InChI is InChI=1S/C31H38O4SSi/c1-31(2,3)37(25-16-9-5-10-17-25,26-18-11-6-12-19-26)34-23-13-20-28-27(21-22-32)29(30(33)35-28)36-24-14-7-4-8-15-24/h4-12,14-19,27-29,32H,13,20-23H2,1-3H3/t27-,28-,29+/m1/s1. The molecule has 3 aromatic rings. The fraction of sp³-hybridized carbons (Fsp3) is 0.387. The Morgan fingerprint density at radius 3 is 1.92 bits per heavy atom. The van der Waals surface area contributed by atoms with E-state index in [0.717, 1.165) is 17.7 Å². The molecule has 3 aromatic carbocycles. The summed E-state index contributed by atoms with van der Waals surface area (Å²) in [6, 6.07) is 31.2. The molecule has 1 N–H and O–H groups in total. The van der Waals surface area contributed by atoms with Gasteiger partial charge in [0.15, 0.2) is 0 Å². The highest BCUT2D eigenvalue weighted by Gasteiger charge is 2.50. The maximum absolute atomic E-state index is 12.8. The van der Waals surface area contributed by atoms with Gasteiger partial charge in [-0.1, -0.05) is 99.6 Å². The van der Waals surface area contributed by atoms with Crippen LogP contribution in [0.1, 0.15) is 40.0 Å². The van der Waals surface area contributed by atoms with E-state index in [1.165, 1.54) is 10.4 Å². The van der Waals surface area contributed by atoms with Crippen LogP contribution in [0.3, 0.4) is 0 Å². The number of carbonyl (C=O) groups excluding carboxylic acids is 1. The van der Waals surface area contributed by atoms with Gasteiger partial charge < -0.3 is 14.3 Å². The molecule has 0 amide bonds. The number of aliphatic hydroxyl groups excluding tert-OH is 1. The van der Waals surface area contributed by atoms with Crippen molar-refractivity contribution in [2.24, 2.45) is 5.92 Å². The molecule has 3 atom stereocenters. The second-order valence-electron chi connectivity index (χ2n) is 10.7. The van der Waals surface area contributed by atoms with E-state index in [2.05, 4.69) is 81.4 Å². The van der Waals surface area contributed by atoms with Gasteiger partial charge in [0.1, 0.15) is 11.4 Å². The van der Waals surface area contributed by atoms with Crippen molar-refractivity contribution in [3.63, 3.8) is 0 Å². The zero-order valence-electron chi connectivity index (χ0n) is 22.0. The first-order valence-corrected chi connectivity index (χ1v) is 15.9. The second-order valence-corrected chi connectivity index (χ2v) is 16.2. The SMILES string of the molecule is CC(C)(C)[Si](OCCC[C@H]1OC(=O)[C@@H](Sc2ccccc2)[C@@H]1CCO)(c1ccccc1)c1ccccc1. The summed E-state index contributed by atoms with van der Waals surface area (Å²) in [5.41, 5.74) is 0. The Balaban J connectivity index is 1.49. The molecule has 0 bridgehead atoms. The summed E-state index contributed by atoms with van der Waals surface area (Å²) in [6.45, 7) is 7.47. The van der Waals surface area contributed by atoms with Gasteiger partial charge in [0.25, 0.3) is 8.32 Å². The summed E-state index contributed by atoms with van der Waals surface area (Å²) in [5.74, 6) is -0.194. The molecule has 1 saturated heterocycles. The number of hydrogen-bond acceptors (Lipinski definition) is 5. The minimum absolute atomic E-state index is 0.0180. The summed E-state index contributed by atoms with van der Waals surface area (Å²) < 4.78 is 12.9. The molecule has 4 rings (SSSR count). The quantitative estimate of drug-likeness (QED) is 0.202. The minimum atomic E-state index is -2.59. The molecule has 4 nitrogen and oxygen atoms in total. The van der Waals surface area contributed by atoms with Gasteiger partial charge >= 0.3 is 5.97 Å². The number of benzene rings is 3. The van der Waals surface area contributed by atoms with Crippen LogP contribution in [0.25, 0.3) is 0 Å². The van der Waals surface area contributed by atoms with E-state index in [-0.39, 0.29) is 34.9 Å². The molecule has 37 heavy (non-hydrogen) atoms. The molecule has 1 fully saturated rings. The first-order chi connectivity index (χ1) is 17.9. The number of hydrogen-bond donors (Lipinski definition) is 1. The summed E-state index contributed by atoms with van der Waals surface area (Å²) in [4.78, 5) is 13.9. The van der Waals surface area contributed by atoms with Crippen molar-refractivity contribution >= 4 is 36.4 Å². The lowest BCUT2D eigenvalue weighted by atomic mass is 9.94. The van der Waals surface area contributed by atoms with Crippen LogP contribution in [-0.2, 0) is 14.0 Å². The van der Waals surface area contributed by atoms with Crippen LogP contribution in [-0.4, -0.2) is 44.0 Å². The van der Waals surface area contributed by atoms with E-state index >= 15 is 0 Å². The van der Waals surface area contributed by atoms with Gasteiger partial charge in [0.2, 0.25) is 0 Å². The Hall–Kier alpha value is -2.38. The first-order valence-electron chi connectivity index (χ1n) is 13.1. The first kappa shape index (κ1) is 27.6.